The maximum atomic E-state index is 5.92. The van der Waals surface area contributed by atoms with Gasteiger partial charge in [-0.15, -0.1) is 0 Å². The molecule has 0 aliphatic heterocycles. The Bertz CT molecular complexity index is 167. The summed E-state index contributed by atoms with van der Waals surface area (Å²) in [6, 6.07) is 0.765. The van der Waals surface area contributed by atoms with E-state index in [9.17, 15) is 0 Å². The average molecular weight is 212 g/mol. The van der Waals surface area contributed by atoms with E-state index in [2.05, 4.69) is 25.8 Å². The minimum absolute atomic E-state index is 0.203. The summed E-state index contributed by atoms with van der Waals surface area (Å²) in [5.74, 6) is 0. The maximum Gasteiger partial charge on any atom is 0.0300 e. The molecule has 1 rings (SSSR count). The van der Waals surface area contributed by atoms with Crippen molar-refractivity contribution >= 4 is 0 Å². The zero-order valence-corrected chi connectivity index (χ0v) is 10.8. The zero-order valence-electron chi connectivity index (χ0n) is 10.8. The van der Waals surface area contributed by atoms with E-state index in [1.54, 1.807) is 0 Å². The molecule has 0 amide bonds. The molecule has 0 radical (unpaired) electrons. The first-order valence-electron chi connectivity index (χ1n) is 6.57. The predicted molar refractivity (Wildman–Crippen MR) is 67.0 cm³/mol. The summed E-state index contributed by atoms with van der Waals surface area (Å²) >= 11 is 0. The van der Waals surface area contributed by atoms with E-state index >= 15 is 0 Å². The lowest BCUT2D eigenvalue weighted by atomic mass is 9.93. The highest BCUT2D eigenvalue weighted by Gasteiger charge is 2.30. The first kappa shape index (κ1) is 13.0. The van der Waals surface area contributed by atoms with Crippen LogP contribution in [0.1, 0.15) is 58.8 Å². The van der Waals surface area contributed by atoms with Crippen molar-refractivity contribution in [2.75, 3.05) is 13.6 Å². The van der Waals surface area contributed by atoms with E-state index in [-0.39, 0.29) is 5.54 Å². The van der Waals surface area contributed by atoms with Gasteiger partial charge in [-0.1, -0.05) is 32.6 Å². The molecular formula is C13H28N2. The second kappa shape index (κ2) is 5.86. The number of hydrogen-bond acceptors (Lipinski definition) is 2. The van der Waals surface area contributed by atoms with Gasteiger partial charge in [0.15, 0.2) is 0 Å². The third-order valence-electron chi connectivity index (χ3n) is 4.43. The third kappa shape index (κ3) is 3.18. The van der Waals surface area contributed by atoms with Crippen molar-refractivity contribution in [2.24, 2.45) is 5.73 Å². The number of nitrogens with two attached hydrogens (primary N) is 1. The molecule has 1 unspecified atom stereocenters. The SMILES string of the molecule is CCC(C)(CN)N(C)C1CCCCCC1. The van der Waals surface area contributed by atoms with Gasteiger partial charge in [-0.2, -0.15) is 0 Å². The molecule has 1 fully saturated rings. The van der Waals surface area contributed by atoms with Gasteiger partial charge >= 0.3 is 0 Å². The fraction of sp³-hybridized carbons (Fsp3) is 1.00. The molecule has 0 aromatic heterocycles. The Balaban J connectivity index is 2.59. The average Bonchev–Trinajstić information content (AvgIpc) is 2.55. The quantitative estimate of drug-likeness (QED) is 0.726. The fourth-order valence-electron chi connectivity index (χ4n) is 2.62. The van der Waals surface area contributed by atoms with Gasteiger partial charge in [-0.3, -0.25) is 4.90 Å². The first-order valence-corrected chi connectivity index (χ1v) is 6.57. The molecule has 1 aliphatic carbocycles. The molecular weight excluding hydrogens is 184 g/mol. The highest BCUT2D eigenvalue weighted by molar-refractivity contribution is 4.88. The van der Waals surface area contributed by atoms with E-state index in [4.69, 9.17) is 5.73 Å². The van der Waals surface area contributed by atoms with Gasteiger partial charge in [0.05, 0.1) is 0 Å². The summed E-state index contributed by atoms with van der Waals surface area (Å²) in [5.41, 5.74) is 6.13. The van der Waals surface area contributed by atoms with Crippen molar-refractivity contribution < 1.29 is 0 Å². The lowest BCUT2D eigenvalue weighted by Gasteiger charge is -2.42. The Morgan fingerprint density at radius 3 is 2.13 bits per heavy atom. The summed E-state index contributed by atoms with van der Waals surface area (Å²) in [6.07, 6.45) is 9.54. The van der Waals surface area contributed by atoms with Crippen molar-refractivity contribution in [2.45, 2.75) is 70.4 Å². The molecule has 1 atom stereocenters. The molecule has 2 heteroatoms. The molecule has 0 saturated heterocycles. The maximum absolute atomic E-state index is 5.92. The smallest absolute Gasteiger partial charge is 0.0300 e. The van der Waals surface area contributed by atoms with Gasteiger partial charge in [0.2, 0.25) is 0 Å². The van der Waals surface area contributed by atoms with Crippen LogP contribution in [0, 0.1) is 0 Å². The van der Waals surface area contributed by atoms with Crippen LogP contribution in [0.3, 0.4) is 0 Å². The van der Waals surface area contributed by atoms with Crippen molar-refractivity contribution in [1.82, 2.24) is 4.90 Å². The number of nitrogens with zero attached hydrogens (tertiary/aromatic N) is 1. The normalized spacial score (nSPS) is 23.8. The summed E-state index contributed by atoms with van der Waals surface area (Å²) in [4.78, 5) is 2.55. The van der Waals surface area contributed by atoms with E-state index in [1.165, 1.54) is 38.5 Å². The van der Waals surface area contributed by atoms with Crippen molar-refractivity contribution in [1.29, 1.82) is 0 Å². The third-order valence-corrected chi connectivity index (χ3v) is 4.43. The van der Waals surface area contributed by atoms with Crippen LogP contribution >= 0.6 is 0 Å². The van der Waals surface area contributed by atoms with Crippen LogP contribution in [0.15, 0.2) is 0 Å². The van der Waals surface area contributed by atoms with E-state index in [1.807, 2.05) is 0 Å². The van der Waals surface area contributed by atoms with Crippen LogP contribution in [0.2, 0.25) is 0 Å². The molecule has 15 heavy (non-hydrogen) atoms. The molecule has 0 spiro atoms. The van der Waals surface area contributed by atoms with Crippen molar-refractivity contribution in [3.63, 3.8) is 0 Å². The van der Waals surface area contributed by atoms with Crippen molar-refractivity contribution in [3.05, 3.63) is 0 Å². The molecule has 0 aromatic carbocycles. The molecule has 1 saturated carbocycles. The molecule has 0 aromatic rings. The standard InChI is InChI=1S/C13H28N2/c1-4-13(2,11-14)15(3)12-9-7-5-6-8-10-12/h12H,4-11,14H2,1-3H3. The van der Waals surface area contributed by atoms with E-state index in [0.717, 1.165) is 19.0 Å². The second-order valence-corrected chi connectivity index (χ2v) is 5.31. The van der Waals surface area contributed by atoms with Crippen LogP contribution in [0.4, 0.5) is 0 Å². The topological polar surface area (TPSA) is 29.3 Å². The summed E-state index contributed by atoms with van der Waals surface area (Å²) in [5, 5.41) is 0. The minimum Gasteiger partial charge on any atom is -0.329 e. The van der Waals surface area contributed by atoms with Gasteiger partial charge in [0, 0.05) is 18.1 Å². The number of rotatable bonds is 4. The summed E-state index contributed by atoms with van der Waals surface area (Å²) in [6.45, 7) is 5.33. The van der Waals surface area contributed by atoms with Gasteiger partial charge in [-0.25, -0.2) is 0 Å². The van der Waals surface area contributed by atoms with Gasteiger partial charge in [-0.05, 0) is 33.2 Å². The molecule has 2 N–H and O–H groups in total. The second-order valence-electron chi connectivity index (χ2n) is 5.31. The van der Waals surface area contributed by atoms with Gasteiger partial charge in [0.1, 0.15) is 0 Å². The van der Waals surface area contributed by atoms with Crippen LogP contribution < -0.4 is 5.73 Å². The van der Waals surface area contributed by atoms with Crippen LogP contribution in [0.25, 0.3) is 0 Å². The summed E-state index contributed by atoms with van der Waals surface area (Å²) in [7, 11) is 2.27. The number of hydrogen-bond donors (Lipinski definition) is 1. The largest absolute Gasteiger partial charge is 0.329 e. The fourth-order valence-corrected chi connectivity index (χ4v) is 2.62. The van der Waals surface area contributed by atoms with Gasteiger partial charge in [0.25, 0.3) is 0 Å². The van der Waals surface area contributed by atoms with Gasteiger partial charge < -0.3 is 5.73 Å². The predicted octanol–water partition coefficient (Wildman–Crippen LogP) is 2.77. The zero-order chi connectivity index (χ0) is 11.3. The monoisotopic (exact) mass is 212 g/mol. The molecule has 0 heterocycles. The minimum atomic E-state index is 0.203. The molecule has 2 nitrogen and oxygen atoms in total. The van der Waals surface area contributed by atoms with Crippen LogP contribution in [0.5, 0.6) is 0 Å². The summed E-state index contributed by atoms with van der Waals surface area (Å²) < 4.78 is 0. The Labute approximate surface area is 95.2 Å². The first-order chi connectivity index (χ1) is 7.14. The van der Waals surface area contributed by atoms with Crippen LogP contribution in [-0.4, -0.2) is 30.1 Å². The Hall–Kier alpha value is -0.0800. The van der Waals surface area contributed by atoms with Crippen LogP contribution in [-0.2, 0) is 0 Å². The van der Waals surface area contributed by atoms with Crippen molar-refractivity contribution in [3.8, 4) is 0 Å². The highest BCUT2D eigenvalue weighted by Crippen LogP contribution is 2.27. The Morgan fingerprint density at radius 1 is 1.20 bits per heavy atom. The number of likely N-dealkylation sites (N-methyl/N-ethyl adjacent to an activating group) is 1. The molecule has 90 valence electrons. The Morgan fingerprint density at radius 2 is 1.73 bits per heavy atom. The Kier molecular flexibility index (Phi) is 5.07. The lowest BCUT2D eigenvalue weighted by Crippen LogP contribution is -2.53. The molecule has 1 aliphatic rings. The van der Waals surface area contributed by atoms with E-state index < -0.39 is 0 Å². The molecule has 0 bridgehead atoms. The van der Waals surface area contributed by atoms with E-state index in [0.29, 0.717) is 0 Å². The lowest BCUT2D eigenvalue weighted by molar-refractivity contribution is 0.0795. The highest BCUT2D eigenvalue weighted by atomic mass is 15.2.